The average Bonchev–Trinajstić information content (AvgIpc) is 2.27. The molecule has 1 amide bonds. The van der Waals surface area contributed by atoms with Crippen molar-refractivity contribution in [2.45, 2.75) is 26.1 Å². The van der Waals surface area contributed by atoms with Gasteiger partial charge in [-0.3, -0.25) is 4.89 Å². The molecular formula is C13H14F3NO3. The van der Waals surface area contributed by atoms with E-state index >= 15 is 0 Å². The Kier molecular flexibility index (Phi) is 4.17. The van der Waals surface area contributed by atoms with Crippen LogP contribution < -0.4 is 0 Å². The standard InChI is InChI=1S/C13H14F3NO3/c1-9-7-11(13(14,15)16)4-3-10(9)8-19-20-12(18)17-5-2-6-17/h3-4,7H,2,5-6,8H2,1H3. The molecule has 110 valence electrons. The molecule has 1 heterocycles. The van der Waals surface area contributed by atoms with Crippen molar-refractivity contribution in [2.75, 3.05) is 13.1 Å². The zero-order valence-corrected chi connectivity index (χ0v) is 10.9. The molecule has 1 aliphatic heterocycles. The maximum atomic E-state index is 12.5. The molecule has 0 saturated carbocycles. The summed E-state index contributed by atoms with van der Waals surface area (Å²) < 4.78 is 37.5. The fraction of sp³-hybridized carbons (Fsp3) is 0.462. The maximum absolute atomic E-state index is 12.5. The van der Waals surface area contributed by atoms with Crippen molar-refractivity contribution in [3.05, 3.63) is 34.9 Å². The molecule has 20 heavy (non-hydrogen) atoms. The van der Waals surface area contributed by atoms with Crippen molar-refractivity contribution >= 4 is 6.09 Å². The predicted molar refractivity (Wildman–Crippen MR) is 63.6 cm³/mol. The lowest BCUT2D eigenvalue weighted by molar-refractivity contribution is -0.257. The molecule has 0 atom stereocenters. The van der Waals surface area contributed by atoms with Crippen LogP contribution in [0.15, 0.2) is 18.2 Å². The fourth-order valence-electron chi connectivity index (χ4n) is 1.73. The van der Waals surface area contributed by atoms with Gasteiger partial charge in [-0.15, -0.1) is 0 Å². The van der Waals surface area contributed by atoms with Gasteiger partial charge in [0.1, 0.15) is 6.61 Å². The number of halogens is 3. The van der Waals surface area contributed by atoms with Gasteiger partial charge in [-0.1, -0.05) is 6.07 Å². The highest BCUT2D eigenvalue weighted by molar-refractivity contribution is 5.67. The van der Waals surface area contributed by atoms with Crippen LogP contribution in [0.1, 0.15) is 23.1 Å². The van der Waals surface area contributed by atoms with E-state index < -0.39 is 17.8 Å². The summed E-state index contributed by atoms with van der Waals surface area (Å²) in [6, 6.07) is 3.33. The highest BCUT2D eigenvalue weighted by Crippen LogP contribution is 2.30. The SMILES string of the molecule is Cc1cc(C(F)(F)F)ccc1COOC(=O)N1CCC1. The van der Waals surface area contributed by atoms with Crippen LogP contribution in [0.2, 0.25) is 0 Å². The number of nitrogens with zero attached hydrogens (tertiary/aromatic N) is 1. The van der Waals surface area contributed by atoms with Gasteiger partial charge >= 0.3 is 12.3 Å². The number of alkyl halides is 3. The third-order valence-electron chi connectivity index (χ3n) is 3.13. The fourth-order valence-corrected chi connectivity index (χ4v) is 1.73. The van der Waals surface area contributed by atoms with E-state index in [9.17, 15) is 18.0 Å². The lowest BCUT2D eigenvalue weighted by Gasteiger charge is -2.28. The number of benzene rings is 1. The highest BCUT2D eigenvalue weighted by atomic mass is 19.4. The number of likely N-dealkylation sites (tertiary alicyclic amines) is 1. The summed E-state index contributed by atoms with van der Waals surface area (Å²) in [5.74, 6) is 0. The Morgan fingerprint density at radius 1 is 1.35 bits per heavy atom. The summed E-state index contributed by atoms with van der Waals surface area (Å²) in [5, 5.41) is 0. The number of rotatable bonds is 3. The topological polar surface area (TPSA) is 38.8 Å². The first-order valence-electron chi connectivity index (χ1n) is 6.13. The number of hydrogen-bond acceptors (Lipinski definition) is 3. The van der Waals surface area contributed by atoms with Crippen LogP contribution in [0.5, 0.6) is 0 Å². The van der Waals surface area contributed by atoms with Crippen LogP contribution in [0, 0.1) is 6.92 Å². The molecule has 0 bridgehead atoms. The second-order valence-electron chi connectivity index (χ2n) is 4.59. The first-order chi connectivity index (χ1) is 9.38. The van der Waals surface area contributed by atoms with Gasteiger partial charge in [0.15, 0.2) is 0 Å². The molecule has 4 nitrogen and oxygen atoms in total. The Morgan fingerprint density at radius 2 is 2.05 bits per heavy atom. The number of carbonyl (C=O) groups is 1. The Morgan fingerprint density at radius 3 is 2.55 bits per heavy atom. The highest BCUT2D eigenvalue weighted by Gasteiger charge is 2.30. The van der Waals surface area contributed by atoms with E-state index in [4.69, 9.17) is 4.89 Å². The monoisotopic (exact) mass is 289 g/mol. The van der Waals surface area contributed by atoms with E-state index in [1.807, 2.05) is 0 Å². The van der Waals surface area contributed by atoms with E-state index in [2.05, 4.69) is 4.89 Å². The average molecular weight is 289 g/mol. The summed E-state index contributed by atoms with van der Waals surface area (Å²) in [6.07, 6.45) is -4.00. The van der Waals surface area contributed by atoms with Gasteiger partial charge in [-0.05, 0) is 36.6 Å². The molecule has 0 spiro atoms. The quantitative estimate of drug-likeness (QED) is 0.633. The minimum Gasteiger partial charge on any atom is -0.306 e. The molecule has 1 saturated heterocycles. The lowest BCUT2D eigenvalue weighted by Crippen LogP contribution is -2.42. The normalized spacial score (nSPS) is 14.9. The van der Waals surface area contributed by atoms with E-state index in [0.29, 0.717) is 24.2 Å². The first kappa shape index (κ1) is 14.6. The van der Waals surface area contributed by atoms with Crippen LogP contribution in [0.4, 0.5) is 18.0 Å². The Hall–Kier alpha value is -1.76. The van der Waals surface area contributed by atoms with Gasteiger partial charge in [0, 0.05) is 13.1 Å². The van der Waals surface area contributed by atoms with E-state index in [-0.39, 0.29) is 6.61 Å². The van der Waals surface area contributed by atoms with Crippen molar-refractivity contribution in [1.29, 1.82) is 0 Å². The van der Waals surface area contributed by atoms with Crippen molar-refractivity contribution < 1.29 is 27.7 Å². The molecule has 0 radical (unpaired) electrons. The summed E-state index contributed by atoms with van der Waals surface area (Å²) in [4.78, 5) is 22.1. The second-order valence-corrected chi connectivity index (χ2v) is 4.59. The molecule has 0 N–H and O–H groups in total. The third kappa shape index (κ3) is 3.41. The summed E-state index contributed by atoms with van der Waals surface area (Å²) in [7, 11) is 0. The van der Waals surface area contributed by atoms with Crippen LogP contribution in [-0.2, 0) is 22.6 Å². The molecular weight excluding hydrogens is 275 g/mol. The molecule has 7 heteroatoms. The number of hydrogen-bond donors (Lipinski definition) is 0. The van der Waals surface area contributed by atoms with E-state index in [0.717, 1.165) is 18.6 Å². The zero-order chi connectivity index (χ0) is 14.8. The molecule has 1 aliphatic rings. The van der Waals surface area contributed by atoms with Crippen LogP contribution in [0.3, 0.4) is 0 Å². The number of aryl methyl sites for hydroxylation is 1. The molecule has 0 aromatic heterocycles. The lowest BCUT2D eigenvalue weighted by atomic mass is 10.1. The summed E-state index contributed by atoms with van der Waals surface area (Å²) >= 11 is 0. The van der Waals surface area contributed by atoms with Crippen molar-refractivity contribution in [1.82, 2.24) is 4.90 Å². The Labute approximate surface area is 114 Å². The van der Waals surface area contributed by atoms with Crippen LogP contribution >= 0.6 is 0 Å². The van der Waals surface area contributed by atoms with Gasteiger partial charge in [0.05, 0.1) is 5.56 Å². The van der Waals surface area contributed by atoms with Gasteiger partial charge in [0.25, 0.3) is 0 Å². The van der Waals surface area contributed by atoms with E-state index in [1.165, 1.54) is 11.0 Å². The third-order valence-corrected chi connectivity index (χ3v) is 3.13. The Bertz CT molecular complexity index is 498. The Balaban J connectivity index is 1.88. The van der Waals surface area contributed by atoms with Gasteiger partial charge < -0.3 is 4.90 Å². The first-order valence-corrected chi connectivity index (χ1v) is 6.13. The van der Waals surface area contributed by atoms with Crippen molar-refractivity contribution in [3.63, 3.8) is 0 Å². The number of carbonyl (C=O) groups excluding carboxylic acids is 1. The summed E-state index contributed by atoms with van der Waals surface area (Å²) in [5.41, 5.74) is 0.255. The van der Waals surface area contributed by atoms with Crippen LogP contribution in [-0.4, -0.2) is 24.1 Å². The molecule has 2 rings (SSSR count). The second kappa shape index (κ2) is 5.70. The van der Waals surface area contributed by atoms with Gasteiger partial charge in [0.2, 0.25) is 0 Å². The van der Waals surface area contributed by atoms with Crippen molar-refractivity contribution in [2.24, 2.45) is 0 Å². The minimum absolute atomic E-state index is 0.0798. The van der Waals surface area contributed by atoms with Crippen molar-refractivity contribution in [3.8, 4) is 0 Å². The number of amides is 1. The summed E-state index contributed by atoms with van der Waals surface area (Å²) in [6.45, 7) is 2.75. The molecule has 1 fully saturated rings. The smallest absolute Gasteiger partial charge is 0.306 e. The largest absolute Gasteiger partial charge is 0.441 e. The molecule has 1 aromatic rings. The minimum atomic E-state index is -4.37. The molecule has 1 aromatic carbocycles. The maximum Gasteiger partial charge on any atom is 0.441 e. The predicted octanol–water partition coefficient (Wildman–Crippen LogP) is 3.29. The van der Waals surface area contributed by atoms with Crippen LogP contribution in [0.25, 0.3) is 0 Å². The van der Waals surface area contributed by atoms with Gasteiger partial charge in [-0.2, -0.15) is 18.1 Å². The zero-order valence-electron chi connectivity index (χ0n) is 10.9. The molecule has 0 aliphatic carbocycles. The van der Waals surface area contributed by atoms with E-state index in [1.54, 1.807) is 6.92 Å². The van der Waals surface area contributed by atoms with Gasteiger partial charge in [-0.25, -0.2) is 4.79 Å². The molecule has 0 unspecified atom stereocenters.